The summed E-state index contributed by atoms with van der Waals surface area (Å²) in [6.07, 6.45) is 7.51. The number of hydrogen-bond donors (Lipinski definition) is 4. The van der Waals surface area contributed by atoms with Crippen molar-refractivity contribution < 1.29 is 9.84 Å². The smallest absolute Gasteiger partial charge is 0.114 e. The van der Waals surface area contributed by atoms with Crippen LogP contribution in [0.3, 0.4) is 0 Å². The number of allylic oxidation sites excluding steroid dienone is 1. The van der Waals surface area contributed by atoms with Crippen LogP contribution in [0, 0.1) is 0 Å². The number of hydrogen-bond acceptors (Lipinski definition) is 5. The van der Waals surface area contributed by atoms with E-state index in [4.69, 9.17) is 10.5 Å². The third-order valence-corrected chi connectivity index (χ3v) is 3.74. The second kappa shape index (κ2) is 8.54. The molecule has 118 valence electrons. The minimum absolute atomic E-state index is 0.136. The quantitative estimate of drug-likeness (QED) is 0.596. The van der Waals surface area contributed by atoms with E-state index in [1.54, 1.807) is 13.2 Å². The summed E-state index contributed by atoms with van der Waals surface area (Å²) in [6.45, 7) is 10.0. The average molecular weight is 293 g/mol. The molecule has 0 amide bonds. The SMILES string of the molecule is C=CC1=C(C(=C)O)C2(CCNCC2)OCC1.CN/C=C\N. The summed E-state index contributed by atoms with van der Waals surface area (Å²) in [4.78, 5) is 0. The molecule has 0 radical (unpaired) electrons. The maximum absolute atomic E-state index is 9.80. The van der Waals surface area contributed by atoms with Gasteiger partial charge in [0.05, 0.1) is 12.2 Å². The highest BCUT2D eigenvalue weighted by molar-refractivity contribution is 5.43. The molecule has 0 aromatic heterocycles. The molecule has 1 fully saturated rings. The second-order valence-electron chi connectivity index (χ2n) is 5.04. The molecule has 2 aliphatic heterocycles. The summed E-state index contributed by atoms with van der Waals surface area (Å²) in [7, 11) is 1.80. The Morgan fingerprint density at radius 2 is 2.14 bits per heavy atom. The zero-order valence-electron chi connectivity index (χ0n) is 12.8. The lowest BCUT2D eigenvalue weighted by Gasteiger charge is -2.43. The van der Waals surface area contributed by atoms with E-state index in [9.17, 15) is 5.11 Å². The van der Waals surface area contributed by atoms with Gasteiger partial charge in [-0.2, -0.15) is 0 Å². The molecule has 2 heterocycles. The first kappa shape index (κ1) is 17.3. The van der Waals surface area contributed by atoms with Crippen LogP contribution < -0.4 is 16.4 Å². The van der Waals surface area contributed by atoms with Gasteiger partial charge < -0.3 is 26.2 Å². The predicted octanol–water partition coefficient (Wildman–Crippen LogP) is 1.72. The number of aliphatic hydroxyl groups is 1. The monoisotopic (exact) mass is 293 g/mol. The minimum Gasteiger partial charge on any atom is -0.508 e. The molecule has 2 rings (SSSR count). The zero-order valence-corrected chi connectivity index (χ0v) is 12.8. The molecular weight excluding hydrogens is 266 g/mol. The Morgan fingerprint density at radius 3 is 2.57 bits per heavy atom. The van der Waals surface area contributed by atoms with E-state index in [0.717, 1.165) is 43.5 Å². The van der Waals surface area contributed by atoms with Crippen molar-refractivity contribution in [1.82, 2.24) is 10.6 Å². The van der Waals surface area contributed by atoms with Gasteiger partial charge in [-0.05, 0) is 37.9 Å². The van der Waals surface area contributed by atoms with Gasteiger partial charge in [-0.25, -0.2) is 0 Å². The Labute approximate surface area is 127 Å². The van der Waals surface area contributed by atoms with Crippen LogP contribution in [0.4, 0.5) is 0 Å². The molecule has 0 aliphatic carbocycles. The van der Waals surface area contributed by atoms with E-state index in [-0.39, 0.29) is 11.4 Å². The van der Waals surface area contributed by atoms with Crippen LogP contribution in [0.15, 0.2) is 48.5 Å². The number of aliphatic hydroxyl groups excluding tert-OH is 1. The molecule has 0 unspecified atom stereocenters. The maximum Gasteiger partial charge on any atom is 0.114 e. The molecule has 5 nitrogen and oxygen atoms in total. The van der Waals surface area contributed by atoms with E-state index in [0.29, 0.717) is 6.61 Å². The molecule has 1 saturated heterocycles. The van der Waals surface area contributed by atoms with Crippen LogP contribution in [-0.4, -0.2) is 37.5 Å². The molecule has 0 bridgehead atoms. The summed E-state index contributed by atoms with van der Waals surface area (Å²) >= 11 is 0. The highest BCUT2D eigenvalue weighted by Gasteiger charge is 2.41. The predicted molar refractivity (Wildman–Crippen MR) is 86.8 cm³/mol. The van der Waals surface area contributed by atoms with Crippen molar-refractivity contribution in [1.29, 1.82) is 0 Å². The minimum atomic E-state index is -0.334. The lowest BCUT2D eigenvalue weighted by molar-refractivity contribution is -0.0469. The van der Waals surface area contributed by atoms with Crippen LogP contribution in [0.2, 0.25) is 0 Å². The Balaban J connectivity index is 0.000000383. The molecule has 0 aromatic carbocycles. The van der Waals surface area contributed by atoms with Crippen molar-refractivity contribution in [2.45, 2.75) is 24.9 Å². The van der Waals surface area contributed by atoms with Gasteiger partial charge in [0.2, 0.25) is 0 Å². The average Bonchev–Trinajstić information content (AvgIpc) is 2.48. The molecule has 5 heteroatoms. The normalized spacial score (nSPS) is 20.8. The van der Waals surface area contributed by atoms with Crippen molar-refractivity contribution in [2.75, 3.05) is 26.7 Å². The molecule has 0 aromatic rings. The third-order valence-electron chi connectivity index (χ3n) is 3.74. The first-order chi connectivity index (χ1) is 10.1. The van der Waals surface area contributed by atoms with E-state index >= 15 is 0 Å². The highest BCUT2D eigenvalue weighted by Crippen LogP contribution is 2.40. The van der Waals surface area contributed by atoms with Crippen LogP contribution in [0.25, 0.3) is 0 Å². The third kappa shape index (κ3) is 4.37. The van der Waals surface area contributed by atoms with Crippen molar-refractivity contribution in [3.8, 4) is 0 Å². The Morgan fingerprint density at radius 1 is 1.48 bits per heavy atom. The zero-order chi connectivity index (χ0) is 15.7. The molecule has 0 saturated carbocycles. The van der Waals surface area contributed by atoms with Crippen molar-refractivity contribution in [3.05, 3.63) is 48.5 Å². The number of nitrogens with two attached hydrogens (primary N) is 1. The second-order valence-corrected chi connectivity index (χ2v) is 5.04. The number of ether oxygens (including phenoxy) is 1. The fourth-order valence-corrected chi connectivity index (χ4v) is 2.82. The number of nitrogens with one attached hydrogen (secondary N) is 2. The van der Waals surface area contributed by atoms with Crippen molar-refractivity contribution in [3.63, 3.8) is 0 Å². The van der Waals surface area contributed by atoms with Crippen LogP contribution >= 0.6 is 0 Å². The standard InChI is InChI=1S/C13H19NO2.C3H8N2/c1-3-11-4-9-16-13(12(11)10(2)15)5-7-14-8-6-13;1-5-3-2-4/h3,14-15H,1-2,4-9H2;2-3,5H,4H2,1H3/b;3-2-. The molecule has 0 atom stereocenters. The van der Waals surface area contributed by atoms with Gasteiger partial charge >= 0.3 is 0 Å². The van der Waals surface area contributed by atoms with Gasteiger partial charge in [-0.3, -0.25) is 0 Å². The van der Waals surface area contributed by atoms with Gasteiger partial charge in [0.15, 0.2) is 0 Å². The number of piperidine rings is 1. The van der Waals surface area contributed by atoms with Gasteiger partial charge in [0, 0.05) is 25.0 Å². The maximum atomic E-state index is 9.80. The largest absolute Gasteiger partial charge is 0.508 e. The molecule has 1 spiro atoms. The fraction of sp³-hybridized carbons (Fsp3) is 0.500. The first-order valence-electron chi connectivity index (χ1n) is 7.24. The summed E-state index contributed by atoms with van der Waals surface area (Å²) in [5.74, 6) is 0.136. The summed E-state index contributed by atoms with van der Waals surface area (Å²) < 4.78 is 5.95. The van der Waals surface area contributed by atoms with E-state index < -0.39 is 0 Å². The lowest BCUT2D eigenvalue weighted by Crippen LogP contribution is -2.48. The Hall–Kier alpha value is -1.72. The molecule has 2 aliphatic rings. The summed E-state index contributed by atoms with van der Waals surface area (Å²) in [6, 6.07) is 0. The van der Waals surface area contributed by atoms with Gasteiger partial charge in [-0.1, -0.05) is 19.2 Å². The Kier molecular flexibility index (Phi) is 7.05. The van der Waals surface area contributed by atoms with Crippen molar-refractivity contribution in [2.24, 2.45) is 5.73 Å². The van der Waals surface area contributed by atoms with Gasteiger partial charge in [0.25, 0.3) is 0 Å². The van der Waals surface area contributed by atoms with Crippen LogP contribution in [0.1, 0.15) is 19.3 Å². The number of rotatable bonds is 3. The van der Waals surface area contributed by atoms with E-state index in [1.165, 1.54) is 6.20 Å². The van der Waals surface area contributed by atoms with E-state index in [2.05, 4.69) is 23.8 Å². The molecular formula is C16H27N3O2. The van der Waals surface area contributed by atoms with Gasteiger partial charge in [-0.15, -0.1) is 0 Å². The van der Waals surface area contributed by atoms with Crippen LogP contribution in [-0.2, 0) is 4.74 Å². The lowest BCUT2D eigenvalue weighted by atomic mass is 9.78. The fourth-order valence-electron chi connectivity index (χ4n) is 2.82. The van der Waals surface area contributed by atoms with Crippen molar-refractivity contribution >= 4 is 0 Å². The van der Waals surface area contributed by atoms with Gasteiger partial charge in [0.1, 0.15) is 5.76 Å². The Bertz CT molecular complexity index is 421. The first-order valence-corrected chi connectivity index (χ1v) is 7.24. The topological polar surface area (TPSA) is 79.5 Å². The molecule has 5 N–H and O–H groups in total. The molecule has 21 heavy (non-hydrogen) atoms. The van der Waals surface area contributed by atoms with E-state index in [1.807, 2.05) is 6.08 Å². The van der Waals surface area contributed by atoms with Crippen LogP contribution in [0.5, 0.6) is 0 Å². The summed E-state index contributed by atoms with van der Waals surface area (Å²) in [5, 5.41) is 15.8. The summed E-state index contributed by atoms with van der Waals surface area (Å²) in [5.41, 5.74) is 6.52. The highest BCUT2D eigenvalue weighted by atomic mass is 16.5.